The number of aromatic nitrogens is 2. The molecular formula is C15H17N3O3. The van der Waals surface area contributed by atoms with Gasteiger partial charge in [0.05, 0.1) is 6.61 Å². The van der Waals surface area contributed by atoms with Crippen molar-refractivity contribution < 1.29 is 14.3 Å². The number of esters is 1. The van der Waals surface area contributed by atoms with Crippen LogP contribution in [-0.4, -0.2) is 28.5 Å². The van der Waals surface area contributed by atoms with Crippen molar-refractivity contribution >= 4 is 28.7 Å². The number of nitrogens with one attached hydrogen (secondary N) is 1. The van der Waals surface area contributed by atoms with Crippen molar-refractivity contribution in [3.05, 3.63) is 30.0 Å². The maximum atomic E-state index is 12.0. The zero-order valence-corrected chi connectivity index (χ0v) is 12.0. The summed E-state index contributed by atoms with van der Waals surface area (Å²) in [6.07, 6.45) is 2.69. The number of fused-ring (bicyclic) bond motifs is 1. The van der Waals surface area contributed by atoms with Crippen molar-refractivity contribution in [2.75, 3.05) is 11.9 Å². The van der Waals surface area contributed by atoms with E-state index in [2.05, 4.69) is 15.3 Å². The lowest BCUT2D eigenvalue weighted by atomic mass is 10.2. The Balaban J connectivity index is 2.45. The number of carbonyl (C=O) groups is 2. The topological polar surface area (TPSA) is 81.2 Å². The molecule has 2 aromatic rings. The van der Waals surface area contributed by atoms with Crippen LogP contribution in [0.2, 0.25) is 0 Å². The molecule has 0 aromatic carbocycles. The molecule has 1 amide bonds. The van der Waals surface area contributed by atoms with Crippen molar-refractivity contribution in [1.82, 2.24) is 9.97 Å². The predicted octanol–water partition coefficient (Wildman–Crippen LogP) is 2.55. The molecule has 0 spiro atoms. The van der Waals surface area contributed by atoms with Crippen molar-refractivity contribution in [2.24, 2.45) is 0 Å². The molecule has 0 aliphatic heterocycles. The van der Waals surface area contributed by atoms with Crippen LogP contribution in [0.25, 0.3) is 11.0 Å². The number of rotatable bonds is 5. The first-order valence-electron chi connectivity index (χ1n) is 6.88. The maximum Gasteiger partial charge on any atom is 0.341 e. The maximum absolute atomic E-state index is 12.0. The van der Waals surface area contributed by atoms with E-state index in [1.165, 1.54) is 0 Å². The Morgan fingerprint density at radius 2 is 2.14 bits per heavy atom. The zero-order chi connectivity index (χ0) is 15.2. The van der Waals surface area contributed by atoms with Gasteiger partial charge in [-0.2, -0.15) is 0 Å². The number of anilines is 1. The Hall–Kier alpha value is -2.50. The highest BCUT2D eigenvalue weighted by Crippen LogP contribution is 2.20. The number of hydrogen-bond donors (Lipinski definition) is 1. The molecule has 2 aromatic heterocycles. The molecule has 2 rings (SSSR count). The molecule has 0 radical (unpaired) electrons. The molecule has 0 bridgehead atoms. The highest BCUT2D eigenvalue weighted by atomic mass is 16.5. The van der Waals surface area contributed by atoms with Crippen molar-refractivity contribution in [1.29, 1.82) is 0 Å². The van der Waals surface area contributed by atoms with Gasteiger partial charge in [0.25, 0.3) is 0 Å². The summed E-state index contributed by atoms with van der Waals surface area (Å²) in [6.45, 7) is 3.89. The van der Waals surface area contributed by atoms with Gasteiger partial charge in [-0.25, -0.2) is 14.8 Å². The zero-order valence-electron chi connectivity index (χ0n) is 12.0. The lowest BCUT2D eigenvalue weighted by Crippen LogP contribution is -2.17. The Bertz CT molecular complexity index is 670. The minimum atomic E-state index is -0.512. The fourth-order valence-corrected chi connectivity index (χ4v) is 1.89. The second-order valence-corrected chi connectivity index (χ2v) is 4.45. The fraction of sp³-hybridized carbons (Fsp3) is 0.333. The largest absolute Gasteiger partial charge is 0.462 e. The lowest BCUT2D eigenvalue weighted by Gasteiger charge is -2.10. The number of pyridine rings is 2. The number of hydrogen-bond acceptors (Lipinski definition) is 5. The van der Waals surface area contributed by atoms with Gasteiger partial charge in [-0.05, 0) is 31.5 Å². The van der Waals surface area contributed by atoms with Gasteiger partial charge in [-0.3, -0.25) is 4.79 Å². The van der Waals surface area contributed by atoms with Crippen LogP contribution in [0.15, 0.2) is 24.4 Å². The molecule has 110 valence electrons. The minimum absolute atomic E-state index is 0.189. The molecule has 0 unspecified atom stereocenters. The quantitative estimate of drug-likeness (QED) is 0.855. The fourth-order valence-electron chi connectivity index (χ4n) is 1.89. The average molecular weight is 287 g/mol. The molecule has 6 nitrogen and oxygen atoms in total. The molecule has 21 heavy (non-hydrogen) atoms. The highest BCUT2D eigenvalue weighted by Gasteiger charge is 2.17. The SMILES string of the molecule is CCCC(=O)Nc1nc2ncccc2cc1C(=O)OCC. The van der Waals surface area contributed by atoms with E-state index < -0.39 is 5.97 Å². The van der Waals surface area contributed by atoms with Gasteiger partial charge in [0.1, 0.15) is 11.4 Å². The van der Waals surface area contributed by atoms with Crippen molar-refractivity contribution in [2.45, 2.75) is 26.7 Å². The summed E-state index contributed by atoms with van der Waals surface area (Å²) >= 11 is 0. The van der Waals surface area contributed by atoms with Crippen LogP contribution in [0.5, 0.6) is 0 Å². The molecule has 0 saturated carbocycles. The third kappa shape index (κ3) is 3.53. The summed E-state index contributed by atoms with van der Waals surface area (Å²) < 4.78 is 5.01. The second-order valence-electron chi connectivity index (χ2n) is 4.45. The van der Waals surface area contributed by atoms with Crippen LogP contribution in [0.1, 0.15) is 37.0 Å². The van der Waals surface area contributed by atoms with Crippen molar-refractivity contribution in [3.63, 3.8) is 0 Å². The van der Waals surface area contributed by atoms with Crippen LogP contribution in [0.3, 0.4) is 0 Å². The Labute approximate surface area is 122 Å². The molecule has 0 aliphatic rings. The van der Waals surface area contributed by atoms with Gasteiger partial charge in [0.15, 0.2) is 5.65 Å². The standard InChI is InChI=1S/C15H17N3O3/c1-3-6-12(19)17-14-11(15(20)21-4-2)9-10-7-5-8-16-13(10)18-14/h5,7-9H,3-4,6H2,1-2H3,(H,16,17,18,19). The first-order valence-corrected chi connectivity index (χ1v) is 6.88. The number of nitrogens with zero attached hydrogens (tertiary/aromatic N) is 2. The number of amides is 1. The third-order valence-electron chi connectivity index (χ3n) is 2.82. The average Bonchev–Trinajstić information content (AvgIpc) is 2.47. The van der Waals surface area contributed by atoms with Crippen LogP contribution >= 0.6 is 0 Å². The van der Waals surface area contributed by atoms with E-state index in [0.29, 0.717) is 23.9 Å². The van der Waals surface area contributed by atoms with Gasteiger partial charge >= 0.3 is 5.97 Å². The predicted molar refractivity (Wildman–Crippen MR) is 79.0 cm³/mol. The molecule has 0 aliphatic carbocycles. The summed E-state index contributed by atoms with van der Waals surface area (Å²) in [5.41, 5.74) is 0.708. The monoisotopic (exact) mass is 287 g/mol. The summed E-state index contributed by atoms with van der Waals surface area (Å²) in [7, 11) is 0. The van der Waals surface area contributed by atoms with E-state index in [9.17, 15) is 9.59 Å². The second kappa shape index (κ2) is 6.78. The van der Waals surface area contributed by atoms with E-state index in [-0.39, 0.29) is 23.9 Å². The van der Waals surface area contributed by atoms with Crippen LogP contribution < -0.4 is 5.32 Å². The summed E-state index contributed by atoms with van der Waals surface area (Å²) in [6, 6.07) is 5.19. The molecular weight excluding hydrogens is 270 g/mol. The smallest absolute Gasteiger partial charge is 0.341 e. The Morgan fingerprint density at radius 3 is 2.86 bits per heavy atom. The van der Waals surface area contributed by atoms with E-state index in [1.54, 1.807) is 31.3 Å². The molecule has 0 fully saturated rings. The van der Waals surface area contributed by atoms with E-state index in [1.807, 2.05) is 6.92 Å². The van der Waals surface area contributed by atoms with Crippen molar-refractivity contribution in [3.8, 4) is 0 Å². The highest BCUT2D eigenvalue weighted by molar-refractivity contribution is 6.02. The summed E-state index contributed by atoms with van der Waals surface area (Å²) in [5.74, 6) is -0.508. The molecule has 2 heterocycles. The van der Waals surface area contributed by atoms with E-state index in [0.717, 1.165) is 0 Å². The molecule has 0 saturated heterocycles. The van der Waals surface area contributed by atoms with Gasteiger partial charge in [0.2, 0.25) is 5.91 Å². The Morgan fingerprint density at radius 1 is 1.33 bits per heavy atom. The van der Waals surface area contributed by atoms with E-state index in [4.69, 9.17) is 4.74 Å². The first-order chi connectivity index (χ1) is 10.2. The summed E-state index contributed by atoms with van der Waals surface area (Å²) in [4.78, 5) is 32.2. The van der Waals surface area contributed by atoms with Crippen LogP contribution in [0, 0.1) is 0 Å². The first kappa shape index (κ1) is 14.9. The van der Waals surface area contributed by atoms with Gasteiger partial charge < -0.3 is 10.1 Å². The third-order valence-corrected chi connectivity index (χ3v) is 2.82. The van der Waals surface area contributed by atoms with Crippen LogP contribution in [-0.2, 0) is 9.53 Å². The number of ether oxygens (including phenoxy) is 1. The van der Waals surface area contributed by atoms with Gasteiger partial charge in [-0.1, -0.05) is 6.92 Å². The lowest BCUT2D eigenvalue weighted by molar-refractivity contribution is -0.116. The van der Waals surface area contributed by atoms with Crippen LogP contribution in [0.4, 0.5) is 5.82 Å². The summed E-state index contributed by atoms with van der Waals surface area (Å²) in [5, 5.41) is 3.37. The van der Waals surface area contributed by atoms with Gasteiger partial charge in [-0.15, -0.1) is 0 Å². The Kier molecular flexibility index (Phi) is 4.81. The van der Waals surface area contributed by atoms with Gasteiger partial charge in [0, 0.05) is 18.0 Å². The number of carbonyl (C=O) groups excluding carboxylic acids is 2. The normalized spacial score (nSPS) is 10.4. The van der Waals surface area contributed by atoms with E-state index >= 15 is 0 Å². The molecule has 0 atom stereocenters. The molecule has 1 N–H and O–H groups in total. The molecule has 6 heteroatoms. The minimum Gasteiger partial charge on any atom is -0.462 e.